The molecule has 1 amide bonds. The highest BCUT2D eigenvalue weighted by Crippen LogP contribution is 2.46. The van der Waals surface area contributed by atoms with E-state index in [-0.39, 0.29) is 5.91 Å². The predicted molar refractivity (Wildman–Crippen MR) is 112 cm³/mol. The maximum absolute atomic E-state index is 13.5. The van der Waals surface area contributed by atoms with E-state index in [0.29, 0.717) is 16.4 Å². The minimum Gasteiger partial charge on any atom is -0.268 e. The summed E-state index contributed by atoms with van der Waals surface area (Å²) in [6.45, 7) is 8.27. The van der Waals surface area contributed by atoms with Crippen molar-refractivity contribution in [1.82, 2.24) is 0 Å². The number of amides is 1. The molecule has 3 aromatic carbocycles. The highest BCUT2D eigenvalue weighted by molar-refractivity contribution is 6.45. The van der Waals surface area contributed by atoms with Gasteiger partial charge in [-0.25, -0.2) is 4.99 Å². The summed E-state index contributed by atoms with van der Waals surface area (Å²) in [5.74, 6) is 0.631. The molecule has 0 unspecified atom stereocenters. The van der Waals surface area contributed by atoms with Crippen LogP contribution in [-0.4, -0.2) is 11.7 Å². The Labute approximate surface area is 163 Å². The third-order valence-corrected chi connectivity index (χ3v) is 6.48. The minimum absolute atomic E-state index is 0.0776. The summed E-state index contributed by atoms with van der Waals surface area (Å²) in [4.78, 5) is 20.2. The number of hydrogen-bond donors (Lipinski definition) is 0. The van der Waals surface area contributed by atoms with Crippen molar-refractivity contribution in [2.24, 2.45) is 4.99 Å². The summed E-state index contributed by atoms with van der Waals surface area (Å²) in [6.07, 6.45) is 0.831. The summed E-state index contributed by atoms with van der Waals surface area (Å²) < 4.78 is 0. The molecule has 27 heavy (non-hydrogen) atoms. The number of carbonyl (C=O) groups is 1. The lowest BCUT2D eigenvalue weighted by molar-refractivity contribution is 0.101. The molecule has 0 spiro atoms. The van der Waals surface area contributed by atoms with E-state index in [0.717, 1.165) is 50.8 Å². The van der Waals surface area contributed by atoms with Gasteiger partial charge < -0.3 is 0 Å². The van der Waals surface area contributed by atoms with E-state index >= 15 is 0 Å². The average Bonchev–Trinajstić information content (AvgIpc) is 2.96. The third kappa shape index (κ3) is 1.93. The maximum Gasteiger partial charge on any atom is 0.266 e. The molecule has 0 atom stereocenters. The van der Waals surface area contributed by atoms with Crippen molar-refractivity contribution < 1.29 is 4.79 Å². The largest absolute Gasteiger partial charge is 0.268 e. The van der Waals surface area contributed by atoms with E-state index in [4.69, 9.17) is 16.6 Å². The SMILES string of the molecule is CCc1c(C)c(C)c(Cl)c2c1C1=Nc3ccc(C)c4cccc(c34)N1C2=O. The van der Waals surface area contributed by atoms with E-state index in [2.05, 4.69) is 32.9 Å². The van der Waals surface area contributed by atoms with Crippen LogP contribution >= 0.6 is 11.6 Å². The molecule has 0 N–H and O–H groups in total. The van der Waals surface area contributed by atoms with Crippen molar-refractivity contribution in [2.75, 3.05) is 4.90 Å². The average molecular weight is 375 g/mol. The van der Waals surface area contributed by atoms with Crippen LogP contribution in [0.4, 0.5) is 11.4 Å². The molecule has 2 aliphatic rings. The van der Waals surface area contributed by atoms with Crippen molar-refractivity contribution in [3.8, 4) is 0 Å². The zero-order chi connectivity index (χ0) is 19.0. The minimum atomic E-state index is -0.0776. The van der Waals surface area contributed by atoms with E-state index in [9.17, 15) is 4.79 Å². The molecule has 2 heterocycles. The molecule has 0 fully saturated rings. The number of aliphatic imine (C=N–C) groups is 1. The Bertz CT molecular complexity index is 1220. The van der Waals surface area contributed by atoms with E-state index in [1.54, 1.807) is 4.90 Å². The number of benzene rings is 3. The Morgan fingerprint density at radius 2 is 1.81 bits per heavy atom. The van der Waals surface area contributed by atoms with Crippen molar-refractivity contribution in [3.63, 3.8) is 0 Å². The highest BCUT2D eigenvalue weighted by Gasteiger charge is 2.42. The fourth-order valence-corrected chi connectivity index (χ4v) is 4.79. The fraction of sp³-hybridized carbons (Fsp3) is 0.217. The first-order valence-electron chi connectivity index (χ1n) is 9.23. The van der Waals surface area contributed by atoms with Gasteiger partial charge in [0.05, 0.1) is 22.0 Å². The Morgan fingerprint density at radius 1 is 1.04 bits per heavy atom. The second-order valence-electron chi connectivity index (χ2n) is 7.32. The molecule has 5 rings (SSSR count). The van der Waals surface area contributed by atoms with Gasteiger partial charge in [-0.1, -0.05) is 36.7 Å². The Kier molecular flexibility index (Phi) is 3.32. The molecule has 0 saturated carbocycles. The molecule has 3 nitrogen and oxygen atoms in total. The van der Waals surface area contributed by atoms with Gasteiger partial charge in [0.1, 0.15) is 5.84 Å². The number of nitrogens with zero attached hydrogens (tertiary/aromatic N) is 2. The molecule has 0 aliphatic carbocycles. The first-order chi connectivity index (χ1) is 13.0. The first-order valence-corrected chi connectivity index (χ1v) is 9.60. The van der Waals surface area contributed by atoms with Gasteiger partial charge >= 0.3 is 0 Å². The second kappa shape index (κ2) is 5.43. The predicted octanol–water partition coefficient (Wildman–Crippen LogP) is 6.03. The topological polar surface area (TPSA) is 32.7 Å². The third-order valence-electron chi connectivity index (χ3n) is 6.00. The van der Waals surface area contributed by atoms with Gasteiger partial charge in [0.2, 0.25) is 0 Å². The van der Waals surface area contributed by atoms with Crippen molar-refractivity contribution in [2.45, 2.75) is 34.1 Å². The van der Waals surface area contributed by atoms with Gasteiger partial charge in [0.15, 0.2) is 0 Å². The van der Waals surface area contributed by atoms with Crippen LogP contribution in [0, 0.1) is 20.8 Å². The van der Waals surface area contributed by atoms with Gasteiger partial charge in [-0.15, -0.1) is 0 Å². The van der Waals surface area contributed by atoms with Crippen LogP contribution in [0.15, 0.2) is 35.3 Å². The van der Waals surface area contributed by atoms with Crippen LogP contribution in [0.3, 0.4) is 0 Å². The number of rotatable bonds is 1. The zero-order valence-electron chi connectivity index (χ0n) is 15.8. The monoisotopic (exact) mass is 374 g/mol. The summed E-state index contributed by atoms with van der Waals surface area (Å²) in [7, 11) is 0. The lowest BCUT2D eigenvalue weighted by atomic mass is 9.92. The molecule has 0 radical (unpaired) electrons. The van der Waals surface area contributed by atoms with Crippen molar-refractivity contribution in [1.29, 1.82) is 0 Å². The number of hydrogen-bond acceptors (Lipinski definition) is 2. The molecule has 0 aromatic heterocycles. The smallest absolute Gasteiger partial charge is 0.266 e. The van der Waals surface area contributed by atoms with Gasteiger partial charge in [0.25, 0.3) is 5.91 Å². The number of fused-ring (bicyclic) bond motifs is 4. The van der Waals surface area contributed by atoms with Crippen LogP contribution in [0.1, 0.15) is 45.1 Å². The van der Waals surface area contributed by atoms with Gasteiger partial charge in [-0.3, -0.25) is 9.69 Å². The summed E-state index contributed by atoms with van der Waals surface area (Å²) in [6, 6.07) is 10.2. The number of aryl methyl sites for hydroxylation is 1. The van der Waals surface area contributed by atoms with Gasteiger partial charge in [0, 0.05) is 10.9 Å². The number of amidine groups is 1. The molecule has 0 bridgehead atoms. The summed E-state index contributed by atoms with van der Waals surface area (Å²) in [5.41, 5.74) is 7.76. The number of carbonyl (C=O) groups excluding carboxylic acids is 1. The summed E-state index contributed by atoms with van der Waals surface area (Å²) in [5, 5.41) is 2.71. The van der Waals surface area contributed by atoms with E-state index < -0.39 is 0 Å². The van der Waals surface area contributed by atoms with E-state index in [1.807, 2.05) is 25.1 Å². The lowest BCUT2D eigenvalue weighted by Crippen LogP contribution is -2.32. The Balaban J connectivity index is 1.93. The molecule has 134 valence electrons. The van der Waals surface area contributed by atoms with Crippen LogP contribution in [-0.2, 0) is 6.42 Å². The quantitative estimate of drug-likeness (QED) is 0.511. The zero-order valence-corrected chi connectivity index (χ0v) is 16.5. The van der Waals surface area contributed by atoms with Gasteiger partial charge in [-0.05, 0) is 67.0 Å². The molecule has 3 aromatic rings. The number of halogens is 1. The molecular formula is C23H19ClN2O. The normalized spacial score (nSPS) is 14.5. The van der Waals surface area contributed by atoms with Crippen LogP contribution < -0.4 is 4.90 Å². The van der Waals surface area contributed by atoms with Crippen molar-refractivity contribution in [3.05, 3.63) is 68.7 Å². The standard InChI is InChI=1S/C23H19ClN2O/c1-5-14-12(3)13(4)21(24)20-19(14)22-25-16-10-9-11(2)15-7-6-8-17(18(15)16)26(22)23(20)27/h6-10H,5H2,1-4H3. The van der Waals surface area contributed by atoms with Crippen LogP contribution in [0.5, 0.6) is 0 Å². The Hall–Kier alpha value is -2.65. The van der Waals surface area contributed by atoms with Crippen LogP contribution in [0.25, 0.3) is 10.8 Å². The second-order valence-corrected chi connectivity index (χ2v) is 7.70. The fourth-order valence-electron chi connectivity index (χ4n) is 4.47. The number of anilines is 1. The Morgan fingerprint density at radius 3 is 2.56 bits per heavy atom. The van der Waals surface area contributed by atoms with Crippen molar-refractivity contribution >= 4 is 45.5 Å². The summed E-state index contributed by atoms with van der Waals surface area (Å²) >= 11 is 6.67. The van der Waals surface area contributed by atoms with Gasteiger partial charge in [-0.2, -0.15) is 0 Å². The lowest BCUT2D eigenvalue weighted by Gasteiger charge is -2.25. The maximum atomic E-state index is 13.5. The molecule has 2 aliphatic heterocycles. The molecule has 0 saturated heterocycles. The molecular weight excluding hydrogens is 356 g/mol. The molecule has 4 heteroatoms. The van der Waals surface area contributed by atoms with Crippen LogP contribution in [0.2, 0.25) is 5.02 Å². The van der Waals surface area contributed by atoms with E-state index in [1.165, 1.54) is 5.56 Å². The highest BCUT2D eigenvalue weighted by atomic mass is 35.5. The first kappa shape index (κ1) is 16.5.